The first-order valence-electron chi connectivity index (χ1n) is 15.8. The molecule has 1 fully saturated rings. The van der Waals surface area contributed by atoms with Crippen molar-refractivity contribution in [1.29, 1.82) is 0 Å². The van der Waals surface area contributed by atoms with Gasteiger partial charge in [0.25, 0.3) is 5.56 Å². The normalized spacial score (nSPS) is 14.6. The smallest absolute Gasteiger partial charge is 0.259 e. The molecule has 3 heterocycles. The summed E-state index contributed by atoms with van der Waals surface area (Å²) in [5.41, 5.74) is 3.07. The van der Waals surface area contributed by atoms with Crippen LogP contribution in [0.3, 0.4) is 0 Å². The number of ether oxygens (including phenoxy) is 1. The number of hydrogen-bond donors (Lipinski definition) is 2. The highest BCUT2D eigenvalue weighted by atomic mass is 32.2. The Bertz CT molecular complexity index is 2070. The zero-order valence-corrected chi connectivity index (χ0v) is 27.6. The summed E-state index contributed by atoms with van der Waals surface area (Å²) in [7, 11) is -3.89. The first-order chi connectivity index (χ1) is 22.6. The molecular formula is C34H39N7O5S. The number of amides is 1. The van der Waals surface area contributed by atoms with Crippen LogP contribution in [0.2, 0.25) is 0 Å². The van der Waals surface area contributed by atoms with Gasteiger partial charge in [0.05, 0.1) is 51.9 Å². The van der Waals surface area contributed by atoms with E-state index in [0.717, 1.165) is 17.5 Å². The zero-order valence-electron chi connectivity index (χ0n) is 26.8. The Hall–Kier alpha value is -4.59. The minimum atomic E-state index is -3.89. The van der Waals surface area contributed by atoms with Crippen LogP contribution in [-0.2, 0) is 21.4 Å². The van der Waals surface area contributed by atoms with Crippen molar-refractivity contribution in [1.82, 2.24) is 34.0 Å². The van der Waals surface area contributed by atoms with Gasteiger partial charge in [-0.15, -0.1) is 0 Å². The molecule has 2 aromatic heterocycles. The molecule has 13 heteroatoms. The summed E-state index contributed by atoms with van der Waals surface area (Å²) in [6, 6.07) is 18.3. The van der Waals surface area contributed by atoms with Gasteiger partial charge in [0.15, 0.2) is 0 Å². The first kappa shape index (κ1) is 32.4. The van der Waals surface area contributed by atoms with Gasteiger partial charge < -0.3 is 19.6 Å². The van der Waals surface area contributed by atoms with Crippen LogP contribution in [0, 0.1) is 0 Å². The number of sulfonamides is 1. The maximum atomic E-state index is 13.8. The Morgan fingerprint density at radius 1 is 1.02 bits per heavy atom. The standard InChI is InChI=1S/C34H39N7O5S/c1-4-16-46-31-11-10-25(47(44,45)41-14-12-39(13-15-41)21-32(42)36-23(2)3)17-27(31)33-37-28-19-29-30(18-26(28)34(43)38-33)40(22-35-29)20-24-8-6-5-7-9-24/h5-11,17-19,22-23H,4,12-16,20-21H2,1-3H3,(H,36,42)(H,37,38,43). The van der Waals surface area contributed by atoms with Crippen LogP contribution in [0.25, 0.3) is 33.3 Å². The maximum Gasteiger partial charge on any atom is 0.259 e. The lowest BCUT2D eigenvalue weighted by Crippen LogP contribution is -2.51. The Morgan fingerprint density at radius 2 is 1.79 bits per heavy atom. The third-order valence-electron chi connectivity index (χ3n) is 8.10. The van der Waals surface area contributed by atoms with Crippen molar-refractivity contribution in [3.05, 3.63) is 82.9 Å². The van der Waals surface area contributed by atoms with E-state index in [1.165, 1.54) is 16.4 Å². The fraction of sp³-hybridized carbons (Fsp3) is 0.353. The highest BCUT2D eigenvalue weighted by molar-refractivity contribution is 7.89. The van der Waals surface area contributed by atoms with Crippen molar-refractivity contribution in [2.75, 3.05) is 39.3 Å². The van der Waals surface area contributed by atoms with Crippen molar-refractivity contribution in [2.45, 2.75) is 44.7 Å². The molecule has 0 atom stereocenters. The highest BCUT2D eigenvalue weighted by Gasteiger charge is 2.30. The minimum Gasteiger partial charge on any atom is -0.493 e. The van der Waals surface area contributed by atoms with Gasteiger partial charge in [0.2, 0.25) is 15.9 Å². The number of fused-ring (bicyclic) bond motifs is 2. The molecule has 0 aliphatic carbocycles. The number of rotatable bonds is 11. The molecule has 1 saturated heterocycles. The molecule has 12 nitrogen and oxygen atoms in total. The predicted octanol–water partition coefficient (Wildman–Crippen LogP) is 3.61. The Morgan fingerprint density at radius 3 is 2.51 bits per heavy atom. The van der Waals surface area contributed by atoms with Gasteiger partial charge in [-0.25, -0.2) is 18.4 Å². The summed E-state index contributed by atoms with van der Waals surface area (Å²) in [6.07, 6.45) is 2.49. The Kier molecular flexibility index (Phi) is 9.39. The average molecular weight is 658 g/mol. The number of benzene rings is 3. The van der Waals surface area contributed by atoms with E-state index in [0.29, 0.717) is 54.0 Å². The number of hydrogen-bond acceptors (Lipinski definition) is 8. The van der Waals surface area contributed by atoms with Crippen molar-refractivity contribution in [3.63, 3.8) is 0 Å². The Balaban J connectivity index is 1.31. The lowest BCUT2D eigenvalue weighted by atomic mass is 10.1. The van der Waals surface area contributed by atoms with E-state index in [-0.39, 0.29) is 47.9 Å². The lowest BCUT2D eigenvalue weighted by Gasteiger charge is -2.33. The molecule has 1 amide bonds. The van der Waals surface area contributed by atoms with Gasteiger partial charge in [0.1, 0.15) is 11.6 Å². The second kappa shape index (κ2) is 13.6. The van der Waals surface area contributed by atoms with Crippen molar-refractivity contribution >= 4 is 37.9 Å². The van der Waals surface area contributed by atoms with E-state index in [9.17, 15) is 18.0 Å². The molecule has 0 unspecified atom stereocenters. The molecule has 1 aliphatic heterocycles. The number of imidazole rings is 1. The molecular weight excluding hydrogens is 618 g/mol. The number of nitrogens with one attached hydrogen (secondary N) is 2. The van der Waals surface area contributed by atoms with E-state index in [1.807, 2.05) is 60.6 Å². The Labute approximate surface area is 273 Å². The van der Waals surface area contributed by atoms with Crippen LogP contribution >= 0.6 is 0 Å². The molecule has 2 N–H and O–H groups in total. The van der Waals surface area contributed by atoms with E-state index in [1.54, 1.807) is 24.5 Å². The number of carbonyl (C=O) groups is 1. The van der Waals surface area contributed by atoms with E-state index < -0.39 is 10.0 Å². The number of aromatic amines is 1. The topological polar surface area (TPSA) is 143 Å². The molecule has 0 spiro atoms. The third kappa shape index (κ3) is 7.07. The van der Waals surface area contributed by atoms with Gasteiger partial charge >= 0.3 is 0 Å². The van der Waals surface area contributed by atoms with E-state index in [2.05, 4.69) is 15.3 Å². The summed E-state index contributed by atoms with van der Waals surface area (Å²) < 4.78 is 37.0. The molecule has 0 radical (unpaired) electrons. The second-order valence-electron chi connectivity index (χ2n) is 12.0. The SMILES string of the molecule is CCCOc1ccc(S(=O)(=O)N2CCN(CC(=O)NC(C)C)CC2)cc1-c1nc2cc3ncn(Cc4ccccc4)c3cc2c(=O)[nH]1. The van der Waals surface area contributed by atoms with Crippen LogP contribution in [0.1, 0.15) is 32.8 Å². The van der Waals surface area contributed by atoms with Crippen LogP contribution in [0.5, 0.6) is 5.75 Å². The average Bonchev–Trinajstić information content (AvgIpc) is 3.44. The molecule has 3 aromatic carbocycles. The maximum absolute atomic E-state index is 13.8. The predicted molar refractivity (Wildman–Crippen MR) is 181 cm³/mol. The quantitative estimate of drug-likeness (QED) is 0.220. The zero-order chi connectivity index (χ0) is 33.1. The van der Waals surface area contributed by atoms with Crippen LogP contribution in [0.4, 0.5) is 0 Å². The second-order valence-corrected chi connectivity index (χ2v) is 14.0. The summed E-state index contributed by atoms with van der Waals surface area (Å²) >= 11 is 0. The molecule has 246 valence electrons. The fourth-order valence-corrected chi connectivity index (χ4v) is 7.21. The number of nitrogens with zero attached hydrogens (tertiary/aromatic N) is 5. The summed E-state index contributed by atoms with van der Waals surface area (Å²) in [6.45, 7) is 8.38. The fourth-order valence-electron chi connectivity index (χ4n) is 5.76. The van der Waals surface area contributed by atoms with Gasteiger partial charge in [-0.1, -0.05) is 37.3 Å². The number of piperazine rings is 1. The van der Waals surface area contributed by atoms with E-state index in [4.69, 9.17) is 9.72 Å². The number of H-pyrrole nitrogens is 1. The monoisotopic (exact) mass is 657 g/mol. The van der Waals surface area contributed by atoms with Gasteiger partial charge in [-0.2, -0.15) is 4.31 Å². The third-order valence-corrected chi connectivity index (χ3v) is 9.99. The van der Waals surface area contributed by atoms with Gasteiger partial charge in [-0.3, -0.25) is 14.5 Å². The number of carbonyl (C=O) groups excluding carboxylic acids is 1. The molecule has 6 rings (SSSR count). The molecule has 0 saturated carbocycles. The van der Waals surface area contributed by atoms with Crippen LogP contribution < -0.4 is 15.6 Å². The lowest BCUT2D eigenvalue weighted by molar-refractivity contribution is -0.123. The highest BCUT2D eigenvalue weighted by Crippen LogP contribution is 2.32. The molecule has 1 aliphatic rings. The van der Waals surface area contributed by atoms with Gasteiger partial charge in [-0.05, 0) is 56.2 Å². The van der Waals surface area contributed by atoms with Crippen LogP contribution in [-0.4, -0.2) is 88.4 Å². The van der Waals surface area contributed by atoms with Crippen molar-refractivity contribution < 1.29 is 17.9 Å². The van der Waals surface area contributed by atoms with Crippen molar-refractivity contribution in [2.24, 2.45) is 0 Å². The summed E-state index contributed by atoms with van der Waals surface area (Å²) in [5, 5.41) is 3.27. The van der Waals surface area contributed by atoms with Gasteiger partial charge in [0, 0.05) is 38.8 Å². The van der Waals surface area contributed by atoms with E-state index >= 15 is 0 Å². The summed E-state index contributed by atoms with van der Waals surface area (Å²) in [5.74, 6) is 0.541. The number of aromatic nitrogens is 4. The van der Waals surface area contributed by atoms with Crippen LogP contribution in [0.15, 0.2) is 76.7 Å². The largest absolute Gasteiger partial charge is 0.493 e. The molecule has 0 bridgehead atoms. The minimum absolute atomic E-state index is 0.0410. The molecule has 5 aromatic rings. The molecule has 47 heavy (non-hydrogen) atoms. The summed E-state index contributed by atoms with van der Waals surface area (Å²) in [4.78, 5) is 39.9. The first-order valence-corrected chi connectivity index (χ1v) is 17.3. The van der Waals surface area contributed by atoms with Crippen molar-refractivity contribution in [3.8, 4) is 17.1 Å².